The second kappa shape index (κ2) is 40.1. The fourth-order valence-electron chi connectivity index (χ4n) is 4.63. The van der Waals surface area contributed by atoms with Crippen LogP contribution in [0.15, 0.2) is 95.7 Å². The predicted molar refractivity (Wildman–Crippen MR) is 228 cm³/mol. The van der Waals surface area contributed by atoms with Crippen molar-refractivity contribution >= 4 is 25.5 Å². The van der Waals surface area contributed by atoms with Crippen LogP contribution in [0.3, 0.4) is 0 Å². The third-order valence-corrected chi connectivity index (χ3v) is 9.91. The zero-order valence-electron chi connectivity index (χ0n) is 33.6. The van der Waals surface area contributed by atoms with Crippen LogP contribution in [-0.2, 0) is 4.79 Å². The van der Waals surface area contributed by atoms with Gasteiger partial charge >= 0.3 is 0 Å². The number of hydrogen-bond donors (Lipinski definition) is 3. The Hall–Kier alpha value is -0.703. The summed E-state index contributed by atoms with van der Waals surface area (Å²) < 4.78 is 0. The Labute approximate surface area is 345 Å². The standard InChI is InChI=1S/C21H31N.C9H16OS2.C8H18N.C2H7N.C2H4.Ce/c1-16(9-7-10-17(2)15-19(4)22)12-13-20-18(3)11-8-14-21(20,5)6;1-4-5-9(2)6-7-12(8-10)11-3;1-3-8(2)6-4-5-7-9;1-3-2;1-2;/h7,9-10,12-13,15H,4,8,11,14,22H2,1-3,5-6H3;6-7,9H,4-5H2,1-3H3;8H,1,3-7,9H2,2H3;3H,1-2H3;1-2H2;/q;;-1;;;/b10-7+,13-12+,16-9+,17-15+;7-6+;;;;. The van der Waals surface area contributed by atoms with Crippen LogP contribution in [-0.4, -0.2) is 32.1 Å². The van der Waals surface area contributed by atoms with Crippen LogP contribution in [0.2, 0.25) is 0 Å². The number of rotatable bonds is 15. The predicted octanol–water partition coefficient (Wildman–Crippen LogP) is 12.2. The average molecular weight is 843 g/mol. The molecule has 0 aromatic rings. The van der Waals surface area contributed by atoms with E-state index in [4.69, 9.17) is 11.5 Å². The van der Waals surface area contributed by atoms with Crippen molar-refractivity contribution in [3.05, 3.63) is 103 Å². The molecule has 0 saturated heterocycles. The Balaban J connectivity index is -0.000000202. The Kier molecular flexibility index (Phi) is 47.1. The molecule has 3 atom stereocenters. The molecule has 0 radical (unpaired) electrons. The Bertz CT molecular complexity index is 1060. The van der Waals surface area contributed by atoms with Gasteiger partial charge in [0.2, 0.25) is 0 Å². The van der Waals surface area contributed by atoms with Gasteiger partial charge in [-0.3, -0.25) is 0 Å². The van der Waals surface area contributed by atoms with Gasteiger partial charge in [-0.25, -0.2) is 4.79 Å². The van der Waals surface area contributed by atoms with Crippen LogP contribution in [0.1, 0.15) is 113 Å². The summed E-state index contributed by atoms with van der Waals surface area (Å²) in [5.41, 5.74) is 17.2. The van der Waals surface area contributed by atoms with Crippen molar-refractivity contribution in [2.24, 2.45) is 28.7 Å². The number of unbranched alkanes of at least 4 members (excludes halogenated alkanes) is 1. The number of carbonyl (C=O) groups excluding carboxylic acids is 1. The van der Waals surface area contributed by atoms with Crippen molar-refractivity contribution in [2.45, 2.75) is 113 Å². The summed E-state index contributed by atoms with van der Waals surface area (Å²) in [7, 11) is 4.97. The Morgan fingerprint density at radius 1 is 1.14 bits per heavy atom. The second-order valence-corrected chi connectivity index (χ2v) is 16.3. The van der Waals surface area contributed by atoms with Crippen molar-refractivity contribution in [3.8, 4) is 0 Å². The van der Waals surface area contributed by atoms with Gasteiger partial charge in [-0.1, -0.05) is 125 Å². The van der Waals surface area contributed by atoms with Gasteiger partial charge in [0.1, 0.15) is 0 Å². The van der Waals surface area contributed by atoms with E-state index >= 15 is 0 Å². The molecular formula is C42H76CeN3OS2-. The van der Waals surface area contributed by atoms with Gasteiger partial charge < -0.3 is 23.7 Å². The molecule has 1 aliphatic rings. The van der Waals surface area contributed by atoms with E-state index in [9.17, 15) is 4.79 Å². The van der Waals surface area contributed by atoms with Gasteiger partial charge in [-0.2, -0.15) is 6.42 Å². The number of nitrogens with two attached hydrogens (primary N) is 2. The van der Waals surface area contributed by atoms with Crippen LogP contribution >= 0.6 is 20.3 Å². The van der Waals surface area contributed by atoms with Gasteiger partial charge in [0.25, 0.3) is 0 Å². The van der Waals surface area contributed by atoms with E-state index in [-0.39, 0.29) is 51.3 Å². The maximum absolute atomic E-state index is 10.3. The fourth-order valence-corrected chi connectivity index (χ4v) is 6.00. The summed E-state index contributed by atoms with van der Waals surface area (Å²) in [6, 6.07) is 0. The molecule has 3 unspecified atom stereocenters. The third kappa shape index (κ3) is 38.4. The van der Waals surface area contributed by atoms with Crippen molar-refractivity contribution in [3.63, 3.8) is 0 Å². The van der Waals surface area contributed by atoms with Crippen LogP contribution in [0.4, 0.5) is 0 Å². The molecule has 0 aromatic carbocycles. The molecule has 0 amide bonds. The third-order valence-electron chi connectivity index (χ3n) is 7.37. The van der Waals surface area contributed by atoms with Gasteiger partial charge in [-0.05, 0) is 123 Å². The molecule has 1 rings (SSSR count). The summed E-state index contributed by atoms with van der Waals surface area (Å²) in [5, 5.41) is 6.72. The van der Waals surface area contributed by atoms with E-state index in [1.807, 2.05) is 50.1 Å². The summed E-state index contributed by atoms with van der Waals surface area (Å²) >= 11 is 0. The van der Waals surface area contributed by atoms with E-state index in [1.54, 1.807) is 10.8 Å². The first-order valence-corrected chi connectivity index (χ1v) is 20.5. The first-order chi connectivity index (χ1) is 22.7. The first-order valence-electron chi connectivity index (χ1n) is 17.5. The number of hydrogen-bond acceptors (Lipinski definition) is 5. The molecule has 7 heteroatoms. The molecule has 0 fully saturated rings. The van der Waals surface area contributed by atoms with Gasteiger partial charge in [0.05, 0.1) is 0 Å². The Morgan fingerprint density at radius 3 is 2.18 bits per heavy atom. The molecule has 1 aliphatic carbocycles. The summed E-state index contributed by atoms with van der Waals surface area (Å²) in [6.45, 7) is 32.1. The minimum Gasteiger partial charge on any atom is -0.399 e. The number of nitrogens with one attached hydrogen (secondary N) is 1. The summed E-state index contributed by atoms with van der Waals surface area (Å²) in [5.74, 6) is 1.38. The first kappa shape index (κ1) is 57.6. The minimum absolute atomic E-state index is 0. The van der Waals surface area contributed by atoms with Crippen LogP contribution < -0.4 is 16.8 Å². The molecule has 0 heterocycles. The second-order valence-electron chi connectivity index (χ2n) is 12.8. The smallest absolute Gasteiger partial charge is 0.170 e. The van der Waals surface area contributed by atoms with Crippen molar-refractivity contribution in [2.75, 3.05) is 26.9 Å². The van der Waals surface area contributed by atoms with Gasteiger partial charge in [-0.15, -0.1) is 13.2 Å². The summed E-state index contributed by atoms with van der Waals surface area (Å²) in [4.78, 5) is 10.3. The Morgan fingerprint density at radius 2 is 1.73 bits per heavy atom. The van der Waals surface area contributed by atoms with E-state index in [2.05, 4.69) is 111 Å². The monoisotopic (exact) mass is 842 g/mol. The van der Waals surface area contributed by atoms with Crippen LogP contribution in [0, 0.1) is 65.9 Å². The quantitative estimate of drug-likeness (QED) is 0.0382. The maximum Gasteiger partial charge on any atom is 0.170 e. The normalized spacial score (nSPS) is 15.9. The van der Waals surface area contributed by atoms with Crippen molar-refractivity contribution < 1.29 is 46.5 Å². The molecule has 0 aliphatic heterocycles. The molecule has 0 spiro atoms. The average Bonchev–Trinajstić information content (AvgIpc) is 3.03. The van der Waals surface area contributed by atoms with Crippen molar-refractivity contribution in [1.82, 2.24) is 5.32 Å². The van der Waals surface area contributed by atoms with Crippen molar-refractivity contribution in [1.29, 1.82) is 0 Å². The molecular weight excluding hydrogens is 767 g/mol. The molecule has 0 saturated carbocycles. The van der Waals surface area contributed by atoms with Gasteiger partial charge in [0, 0.05) is 47.4 Å². The van der Waals surface area contributed by atoms with Crippen LogP contribution in [0.5, 0.6) is 0 Å². The maximum atomic E-state index is 10.3. The SMILES string of the molecule is C=C.C=C(N)/C=C(C)/C=C/C=C(C)/C=C/C1=C(C)CCCC1(C)C.CCCC(C)/C=C/S(=C=O)SC.CNC.[CH2-]CC(C)CCCCN.[Ce]. The van der Waals surface area contributed by atoms with Crippen LogP contribution in [0.25, 0.3) is 0 Å². The number of allylic oxidation sites excluding steroid dienone is 11. The zero-order valence-corrected chi connectivity index (χ0v) is 38.3. The minimum atomic E-state index is -0.332. The van der Waals surface area contributed by atoms with E-state index in [1.165, 1.54) is 68.1 Å². The molecule has 0 aromatic heterocycles. The molecule has 4 nitrogen and oxygen atoms in total. The summed E-state index contributed by atoms with van der Waals surface area (Å²) in [6.07, 6.45) is 27.7. The molecule has 282 valence electrons. The fraction of sp³-hybridized carbons (Fsp3) is 0.571. The largest absolute Gasteiger partial charge is 0.399 e. The van der Waals surface area contributed by atoms with Gasteiger partial charge in [0.15, 0.2) is 5.23 Å². The zero-order chi connectivity index (χ0) is 38.0. The van der Waals surface area contributed by atoms with E-state index < -0.39 is 0 Å². The van der Waals surface area contributed by atoms with E-state index in [0.717, 1.165) is 24.5 Å². The molecule has 0 bridgehead atoms. The molecule has 5 N–H and O–H groups in total. The molecule has 49 heavy (non-hydrogen) atoms. The van der Waals surface area contributed by atoms with E-state index in [0.29, 0.717) is 17.0 Å². The topological polar surface area (TPSA) is 81.1 Å².